The first-order valence-corrected chi connectivity index (χ1v) is 6.49. The highest BCUT2D eigenvalue weighted by molar-refractivity contribution is 5.93. The van der Waals surface area contributed by atoms with Crippen molar-refractivity contribution in [1.29, 1.82) is 0 Å². The monoisotopic (exact) mass is 283 g/mol. The molecule has 0 fully saturated rings. The summed E-state index contributed by atoms with van der Waals surface area (Å²) in [5, 5.41) is 5.90. The molecule has 0 spiro atoms. The number of methoxy groups -OCH3 is 1. The number of nitrogens with one attached hydrogen (secondary N) is 2. The van der Waals surface area contributed by atoms with E-state index < -0.39 is 0 Å². The fourth-order valence-corrected chi connectivity index (χ4v) is 1.73. The van der Waals surface area contributed by atoms with Crippen LogP contribution in [0.15, 0.2) is 55.3 Å². The molecule has 1 heterocycles. The molecule has 21 heavy (non-hydrogen) atoms. The molecule has 2 aromatic rings. The van der Waals surface area contributed by atoms with Crippen molar-refractivity contribution in [3.05, 3.63) is 60.9 Å². The fraction of sp³-hybridized carbons (Fsp3) is 0.125. The Balaban J connectivity index is 2.09. The van der Waals surface area contributed by atoms with E-state index in [0.29, 0.717) is 12.2 Å². The molecule has 0 aliphatic carbocycles. The van der Waals surface area contributed by atoms with Crippen LogP contribution in [0.25, 0.3) is 0 Å². The smallest absolute Gasteiger partial charge is 0.270 e. The van der Waals surface area contributed by atoms with Gasteiger partial charge in [0.2, 0.25) is 0 Å². The maximum absolute atomic E-state index is 11.8. The number of nitrogens with zero attached hydrogens (tertiary/aromatic N) is 1. The Labute approximate surface area is 123 Å². The number of pyridine rings is 1. The van der Waals surface area contributed by atoms with E-state index in [9.17, 15) is 4.79 Å². The lowest BCUT2D eigenvalue weighted by molar-refractivity contribution is 0.0953. The lowest BCUT2D eigenvalue weighted by atomic mass is 10.2. The highest BCUT2D eigenvalue weighted by Crippen LogP contribution is 2.19. The number of anilines is 2. The van der Waals surface area contributed by atoms with Gasteiger partial charge in [-0.3, -0.25) is 9.78 Å². The van der Waals surface area contributed by atoms with Gasteiger partial charge < -0.3 is 15.4 Å². The third kappa shape index (κ3) is 4.07. The maximum Gasteiger partial charge on any atom is 0.270 e. The Morgan fingerprint density at radius 2 is 2.05 bits per heavy atom. The molecule has 1 amide bonds. The van der Waals surface area contributed by atoms with E-state index in [-0.39, 0.29) is 5.91 Å². The first-order chi connectivity index (χ1) is 10.2. The molecule has 0 saturated heterocycles. The van der Waals surface area contributed by atoms with Crippen molar-refractivity contribution >= 4 is 17.3 Å². The molecule has 0 aliphatic heterocycles. The summed E-state index contributed by atoms with van der Waals surface area (Å²) in [7, 11) is 1.62. The molecule has 5 nitrogen and oxygen atoms in total. The van der Waals surface area contributed by atoms with E-state index in [4.69, 9.17) is 4.74 Å². The van der Waals surface area contributed by atoms with Gasteiger partial charge in [-0.25, -0.2) is 0 Å². The van der Waals surface area contributed by atoms with Crippen LogP contribution in [0.1, 0.15) is 10.5 Å². The van der Waals surface area contributed by atoms with E-state index >= 15 is 0 Å². The molecule has 0 aliphatic rings. The van der Waals surface area contributed by atoms with Crippen LogP contribution in [-0.4, -0.2) is 24.5 Å². The van der Waals surface area contributed by atoms with Gasteiger partial charge in [0.15, 0.2) is 0 Å². The number of aromatic nitrogens is 1. The number of benzene rings is 1. The predicted molar refractivity (Wildman–Crippen MR) is 83.0 cm³/mol. The summed E-state index contributed by atoms with van der Waals surface area (Å²) in [5.41, 5.74) is 2.05. The Morgan fingerprint density at radius 3 is 2.71 bits per heavy atom. The van der Waals surface area contributed by atoms with Crippen LogP contribution in [0, 0.1) is 0 Å². The average Bonchev–Trinajstić information content (AvgIpc) is 2.53. The first kappa shape index (κ1) is 14.6. The van der Waals surface area contributed by atoms with Crippen LogP contribution in [0.5, 0.6) is 5.75 Å². The van der Waals surface area contributed by atoms with E-state index in [0.717, 1.165) is 17.1 Å². The molecule has 0 unspecified atom stereocenters. The van der Waals surface area contributed by atoms with Crippen LogP contribution in [0.2, 0.25) is 0 Å². The summed E-state index contributed by atoms with van der Waals surface area (Å²) in [4.78, 5) is 15.9. The van der Waals surface area contributed by atoms with E-state index in [1.54, 1.807) is 31.5 Å². The Hall–Kier alpha value is -2.82. The minimum absolute atomic E-state index is 0.228. The van der Waals surface area contributed by atoms with Crippen LogP contribution >= 0.6 is 0 Å². The zero-order chi connectivity index (χ0) is 15.1. The first-order valence-electron chi connectivity index (χ1n) is 6.49. The minimum atomic E-state index is -0.228. The standard InChI is InChI=1S/C16H17N3O2/c1-3-9-18-16(20)15-11-13(8-10-17-15)19-12-4-6-14(21-2)7-5-12/h3-8,10-11H,1,9H2,2H3,(H,17,19)(H,18,20). The van der Waals surface area contributed by atoms with Crippen molar-refractivity contribution in [3.8, 4) is 5.75 Å². The minimum Gasteiger partial charge on any atom is -0.497 e. The molecule has 108 valence electrons. The van der Waals surface area contributed by atoms with Crippen molar-refractivity contribution in [2.75, 3.05) is 19.0 Å². The third-order valence-corrected chi connectivity index (χ3v) is 2.78. The van der Waals surface area contributed by atoms with Crippen molar-refractivity contribution < 1.29 is 9.53 Å². The topological polar surface area (TPSA) is 63.2 Å². The van der Waals surface area contributed by atoms with Crippen molar-refractivity contribution in [2.24, 2.45) is 0 Å². The number of carbonyl (C=O) groups excluding carboxylic acids is 1. The van der Waals surface area contributed by atoms with Crippen molar-refractivity contribution in [1.82, 2.24) is 10.3 Å². The summed E-state index contributed by atoms with van der Waals surface area (Å²) in [6.45, 7) is 3.97. The van der Waals surface area contributed by atoms with Gasteiger partial charge in [0, 0.05) is 24.1 Å². The summed E-state index contributed by atoms with van der Waals surface area (Å²) in [6.07, 6.45) is 3.21. The molecule has 1 aromatic heterocycles. The van der Waals surface area contributed by atoms with E-state index in [1.807, 2.05) is 24.3 Å². The largest absolute Gasteiger partial charge is 0.497 e. The highest BCUT2D eigenvalue weighted by Gasteiger charge is 2.06. The molecule has 0 bridgehead atoms. The molecular weight excluding hydrogens is 266 g/mol. The van der Waals surface area contributed by atoms with Gasteiger partial charge in [0.1, 0.15) is 11.4 Å². The molecule has 0 atom stereocenters. The van der Waals surface area contributed by atoms with Gasteiger partial charge in [0.05, 0.1) is 7.11 Å². The molecule has 1 aromatic carbocycles. The molecule has 5 heteroatoms. The Bertz CT molecular complexity index is 624. The Morgan fingerprint density at radius 1 is 1.29 bits per heavy atom. The summed E-state index contributed by atoms with van der Waals surface area (Å²) >= 11 is 0. The van der Waals surface area contributed by atoms with Gasteiger partial charge in [0.25, 0.3) is 5.91 Å². The molecule has 0 saturated carbocycles. The average molecular weight is 283 g/mol. The number of ether oxygens (including phenoxy) is 1. The highest BCUT2D eigenvalue weighted by atomic mass is 16.5. The molecule has 2 N–H and O–H groups in total. The zero-order valence-electron chi connectivity index (χ0n) is 11.8. The second-order valence-corrected chi connectivity index (χ2v) is 4.28. The number of hydrogen-bond donors (Lipinski definition) is 2. The second kappa shape index (κ2) is 7.09. The van der Waals surface area contributed by atoms with Crippen LogP contribution in [0.3, 0.4) is 0 Å². The molecule has 0 radical (unpaired) electrons. The SMILES string of the molecule is C=CCNC(=O)c1cc(Nc2ccc(OC)cc2)ccn1. The number of hydrogen-bond acceptors (Lipinski definition) is 4. The molecule has 2 rings (SSSR count). The lowest BCUT2D eigenvalue weighted by Gasteiger charge is -2.08. The van der Waals surface area contributed by atoms with Crippen molar-refractivity contribution in [3.63, 3.8) is 0 Å². The van der Waals surface area contributed by atoms with Gasteiger partial charge in [-0.05, 0) is 36.4 Å². The third-order valence-electron chi connectivity index (χ3n) is 2.78. The van der Waals surface area contributed by atoms with Crippen LogP contribution in [-0.2, 0) is 0 Å². The number of rotatable bonds is 6. The van der Waals surface area contributed by atoms with E-state index in [2.05, 4.69) is 22.2 Å². The summed E-state index contributed by atoms with van der Waals surface area (Å²) < 4.78 is 5.11. The normalized spacial score (nSPS) is 9.76. The Kier molecular flexibility index (Phi) is 4.93. The van der Waals surface area contributed by atoms with Crippen molar-refractivity contribution in [2.45, 2.75) is 0 Å². The number of carbonyl (C=O) groups is 1. The summed E-state index contributed by atoms with van der Waals surface area (Å²) in [5.74, 6) is 0.563. The summed E-state index contributed by atoms with van der Waals surface area (Å²) in [6, 6.07) is 11.0. The van der Waals surface area contributed by atoms with Crippen LogP contribution < -0.4 is 15.4 Å². The van der Waals surface area contributed by atoms with E-state index in [1.165, 1.54) is 0 Å². The molecular formula is C16H17N3O2. The predicted octanol–water partition coefficient (Wildman–Crippen LogP) is 2.75. The van der Waals surface area contributed by atoms with Crippen LogP contribution in [0.4, 0.5) is 11.4 Å². The fourth-order valence-electron chi connectivity index (χ4n) is 1.73. The lowest BCUT2D eigenvalue weighted by Crippen LogP contribution is -2.24. The number of amides is 1. The van der Waals surface area contributed by atoms with Gasteiger partial charge in [-0.1, -0.05) is 6.08 Å². The zero-order valence-corrected chi connectivity index (χ0v) is 11.8. The maximum atomic E-state index is 11.8. The van der Waals surface area contributed by atoms with Gasteiger partial charge >= 0.3 is 0 Å². The van der Waals surface area contributed by atoms with Gasteiger partial charge in [-0.2, -0.15) is 0 Å². The quantitative estimate of drug-likeness (QED) is 0.800. The van der Waals surface area contributed by atoms with Gasteiger partial charge in [-0.15, -0.1) is 6.58 Å². The second-order valence-electron chi connectivity index (χ2n) is 4.28.